The fraction of sp³-hybridized carbons (Fsp3) is 0.0833. The Morgan fingerprint density at radius 3 is 2.45 bits per heavy atom. The average molecular weight is 523 g/mol. The van der Waals surface area contributed by atoms with Gasteiger partial charge in [0, 0.05) is 5.02 Å². The van der Waals surface area contributed by atoms with Crippen LogP contribution in [0.1, 0.15) is 16.7 Å². The number of hydrogen-bond acceptors (Lipinski definition) is 5. The summed E-state index contributed by atoms with van der Waals surface area (Å²) in [5.74, 6) is 0.536. The monoisotopic (exact) mass is 521 g/mol. The predicted octanol–water partition coefficient (Wildman–Crippen LogP) is 7.23. The Labute approximate surface area is 210 Å². The first kappa shape index (κ1) is 23.5. The lowest BCUT2D eigenvalue weighted by molar-refractivity contribution is -0.129. The number of benzene rings is 3. The van der Waals surface area contributed by atoms with E-state index in [1.54, 1.807) is 54.6 Å². The first-order valence-electron chi connectivity index (χ1n) is 9.57. The molecule has 1 heterocycles. The molecule has 0 N–H and O–H groups in total. The smallest absolute Gasteiger partial charge is 0.363 e. The normalized spacial score (nSPS) is 14.3. The summed E-state index contributed by atoms with van der Waals surface area (Å²) >= 11 is 24.1. The molecular weight excluding hydrogens is 508 g/mol. The number of aliphatic imine (C=N–C) groups is 1. The van der Waals surface area contributed by atoms with Gasteiger partial charge in [-0.1, -0.05) is 58.5 Å². The summed E-state index contributed by atoms with van der Waals surface area (Å²) in [6.45, 7) is 0.273. The van der Waals surface area contributed by atoms with Crippen molar-refractivity contribution in [3.05, 3.63) is 97.1 Å². The van der Waals surface area contributed by atoms with Crippen molar-refractivity contribution in [3.63, 3.8) is 0 Å². The van der Waals surface area contributed by atoms with Crippen molar-refractivity contribution in [1.82, 2.24) is 0 Å². The van der Waals surface area contributed by atoms with Crippen molar-refractivity contribution in [3.8, 4) is 11.5 Å². The Kier molecular flexibility index (Phi) is 7.15. The molecule has 0 atom stereocenters. The molecule has 0 aromatic heterocycles. The molecule has 0 saturated carbocycles. The summed E-state index contributed by atoms with van der Waals surface area (Å²) in [7, 11) is 1.53. The molecule has 1 aliphatic rings. The fourth-order valence-electron chi connectivity index (χ4n) is 3.03. The number of ether oxygens (including phenoxy) is 3. The lowest BCUT2D eigenvalue weighted by atomic mass is 10.1. The fourth-order valence-corrected chi connectivity index (χ4v) is 3.84. The standard InChI is InChI=1S/C24H15Cl4NO4/c1-31-22-10-13(3-7-21(22)32-12-14-2-6-17(26)19(28)8-14)9-20-24(30)33-23(29-20)16-5-4-15(25)11-18(16)27/h2-11H,12H2,1H3/b20-9-. The van der Waals surface area contributed by atoms with Gasteiger partial charge in [-0.15, -0.1) is 0 Å². The van der Waals surface area contributed by atoms with Crippen molar-refractivity contribution in [2.24, 2.45) is 4.99 Å². The molecule has 0 fully saturated rings. The largest absolute Gasteiger partial charge is 0.493 e. The molecule has 0 spiro atoms. The molecule has 33 heavy (non-hydrogen) atoms. The number of rotatable bonds is 6. The van der Waals surface area contributed by atoms with Crippen molar-refractivity contribution < 1.29 is 19.0 Å². The van der Waals surface area contributed by atoms with E-state index in [2.05, 4.69) is 4.99 Å². The molecule has 0 radical (unpaired) electrons. The summed E-state index contributed by atoms with van der Waals surface area (Å²) < 4.78 is 16.6. The second-order valence-electron chi connectivity index (χ2n) is 6.91. The predicted molar refractivity (Wildman–Crippen MR) is 131 cm³/mol. The lowest BCUT2D eigenvalue weighted by Gasteiger charge is -2.12. The number of nitrogens with zero attached hydrogens (tertiary/aromatic N) is 1. The number of carbonyl (C=O) groups is 1. The third-order valence-corrected chi connectivity index (χ3v) is 5.94. The number of methoxy groups -OCH3 is 1. The number of cyclic esters (lactones) is 1. The third-order valence-electron chi connectivity index (χ3n) is 4.65. The quantitative estimate of drug-likeness (QED) is 0.253. The third kappa shape index (κ3) is 5.45. The van der Waals surface area contributed by atoms with Crippen LogP contribution in [0.3, 0.4) is 0 Å². The molecule has 1 aliphatic heterocycles. The maximum atomic E-state index is 12.3. The zero-order valence-electron chi connectivity index (χ0n) is 17.1. The minimum atomic E-state index is -0.588. The number of hydrogen-bond donors (Lipinski definition) is 0. The molecule has 0 bridgehead atoms. The molecule has 5 nitrogen and oxygen atoms in total. The van der Waals surface area contributed by atoms with E-state index >= 15 is 0 Å². The van der Waals surface area contributed by atoms with Crippen molar-refractivity contribution in [2.75, 3.05) is 7.11 Å². The highest BCUT2D eigenvalue weighted by atomic mass is 35.5. The second-order valence-corrected chi connectivity index (χ2v) is 8.57. The zero-order chi connectivity index (χ0) is 23.5. The Hall–Kier alpha value is -2.70. The van der Waals surface area contributed by atoms with Gasteiger partial charge in [-0.05, 0) is 59.7 Å². The van der Waals surface area contributed by atoms with Gasteiger partial charge in [0.05, 0.1) is 27.7 Å². The van der Waals surface area contributed by atoms with Gasteiger partial charge in [0.2, 0.25) is 5.90 Å². The van der Waals surface area contributed by atoms with Crippen LogP contribution in [0.15, 0.2) is 65.3 Å². The molecule has 168 valence electrons. The first-order chi connectivity index (χ1) is 15.8. The number of halogens is 4. The molecule has 0 unspecified atom stereocenters. The molecule has 0 saturated heterocycles. The molecule has 0 aliphatic carbocycles. The van der Waals surface area contributed by atoms with Crippen LogP contribution in [0.5, 0.6) is 11.5 Å². The maximum absolute atomic E-state index is 12.3. The van der Waals surface area contributed by atoms with E-state index in [9.17, 15) is 4.79 Å². The van der Waals surface area contributed by atoms with E-state index in [0.29, 0.717) is 42.7 Å². The lowest BCUT2D eigenvalue weighted by Crippen LogP contribution is -2.05. The van der Waals surface area contributed by atoms with E-state index in [-0.39, 0.29) is 18.2 Å². The highest BCUT2D eigenvalue weighted by molar-refractivity contribution is 6.42. The van der Waals surface area contributed by atoms with Crippen molar-refractivity contribution in [1.29, 1.82) is 0 Å². The van der Waals surface area contributed by atoms with E-state index in [1.807, 2.05) is 6.07 Å². The second kappa shape index (κ2) is 10.1. The van der Waals surface area contributed by atoms with Gasteiger partial charge in [-0.2, -0.15) is 0 Å². The van der Waals surface area contributed by atoms with Crippen LogP contribution in [0.25, 0.3) is 6.08 Å². The molecule has 9 heteroatoms. The Bertz CT molecular complexity index is 1300. The van der Waals surface area contributed by atoms with E-state index < -0.39 is 5.97 Å². The highest BCUT2D eigenvalue weighted by Crippen LogP contribution is 2.32. The SMILES string of the molecule is COc1cc(/C=C2\N=C(c3ccc(Cl)cc3Cl)OC2=O)ccc1OCc1ccc(Cl)c(Cl)c1. The van der Waals surface area contributed by atoms with Crippen LogP contribution < -0.4 is 9.47 Å². The van der Waals surface area contributed by atoms with E-state index in [1.165, 1.54) is 7.11 Å². The minimum Gasteiger partial charge on any atom is -0.493 e. The summed E-state index contributed by atoms with van der Waals surface area (Å²) in [6.07, 6.45) is 1.59. The summed E-state index contributed by atoms with van der Waals surface area (Å²) in [5.41, 5.74) is 2.13. The Morgan fingerprint density at radius 1 is 0.909 bits per heavy atom. The van der Waals surface area contributed by atoms with Crippen molar-refractivity contribution >= 4 is 64.3 Å². The van der Waals surface area contributed by atoms with Gasteiger partial charge in [-0.3, -0.25) is 0 Å². The summed E-state index contributed by atoms with van der Waals surface area (Å²) in [4.78, 5) is 16.6. The van der Waals surface area contributed by atoms with E-state index in [0.717, 1.165) is 5.56 Å². The van der Waals surface area contributed by atoms with Crippen LogP contribution in [-0.2, 0) is 16.1 Å². The van der Waals surface area contributed by atoms with Gasteiger partial charge in [0.15, 0.2) is 17.2 Å². The molecule has 4 rings (SSSR count). The Balaban J connectivity index is 1.54. The van der Waals surface area contributed by atoms with Crippen LogP contribution in [0.4, 0.5) is 0 Å². The highest BCUT2D eigenvalue weighted by Gasteiger charge is 2.25. The molecule has 3 aromatic carbocycles. The first-order valence-corrected chi connectivity index (χ1v) is 11.1. The van der Waals surface area contributed by atoms with Gasteiger partial charge in [-0.25, -0.2) is 9.79 Å². The maximum Gasteiger partial charge on any atom is 0.363 e. The van der Waals surface area contributed by atoms with Gasteiger partial charge in [0.25, 0.3) is 0 Å². The topological polar surface area (TPSA) is 57.1 Å². The molecule has 0 amide bonds. The average Bonchev–Trinajstić information content (AvgIpc) is 3.14. The number of carbonyl (C=O) groups excluding carboxylic acids is 1. The summed E-state index contributed by atoms with van der Waals surface area (Å²) in [5, 5.41) is 1.73. The van der Waals surface area contributed by atoms with Crippen molar-refractivity contribution in [2.45, 2.75) is 6.61 Å². The van der Waals surface area contributed by atoms with Crippen LogP contribution in [0, 0.1) is 0 Å². The van der Waals surface area contributed by atoms with Crippen LogP contribution >= 0.6 is 46.4 Å². The summed E-state index contributed by atoms with van der Waals surface area (Å²) in [6, 6.07) is 15.4. The van der Waals surface area contributed by atoms with Gasteiger partial charge < -0.3 is 14.2 Å². The molecule has 3 aromatic rings. The van der Waals surface area contributed by atoms with Crippen LogP contribution in [0.2, 0.25) is 20.1 Å². The Morgan fingerprint density at radius 2 is 1.73 bits per heavy atom. The molecular formula is C24H15Cl4NO4. The zero-order valence-corrected chi connectivity index (χ0v) is 20.1. The van der Waals surface area contributed by atoms with Gasteiger partial charge >= 0.3 is 5.97 Å². The number of esters is 1. The van der Waals surface area contributed by atoms with E-state index in [4.69, 9.17) is 60.6 Å². The minimum absolute atomic E-state index is 0.112. The van der Waals surface area contributed by atoms with Gasteiger partial charge in [0.1, 0.15) is 6.61 Å². The van der Waals surface area contributed by atoms with Crippen LogP contribution in [-0.4, -0.2) is 19.0 Å².